The van der Waals surface area contributed by atoms with Crippen LogP contribution in [0.5, 0.6) is 0 Å². The summed E-state index contributed by atoms with van der Waals surface area (Å²) in [6, 6.07) is 3.37. The van der Waals surface area contributed by atoms with E-state index in [0.717, 1.165) is 18.2 Å². The Labute approximate surface area is 145 Å². The summed E-state index contributed by atoms with van der Waals surface area (Å²) in [5, 5.41) is 37.5. The van der Waals surface area contributed by atoms with Crippen LogP contribution in [0.4, 0.5) is 5.69 Å². The quantitative estimate of drug-likeness (QED) is 0.310. The molecule has 0 amide bonds. The first-order valence-corrected chi connectivity index (χ1v) is 7.06. The van der Waals surface area contributed by atoms with Gasteiger partial charge in [-0.25, -0.2) is 9.59 Å². The highest BCUT2D eigenvalue weighted by molar-refractivity contribution is 6.14. The van der Waals surface area contributed by atoms with E-state index in [-0.39, 0.29) is 16.8 Å². The van der Waals surface area contributed by atoms with Crippen molar-refractivity contribution in [2.45, 2.75) is 6.42 Å². The van der Waals surface area contributed by atoms with E-state index in [1.165, 1.54) is 6.07 Å². The Morgan fingerprint density at radius 1 is 0.923 bits per heavy atom. The monoisotopic (exact) mass is 362 g/mol. The molecule has 0 saturated heterocycles. The summed E-state index contributed by atoms with van der Waals surface area (Å²) in [6.45, 7) is 0. The number of carboxylic acid groups (broad SMARTS) is 4. The second-order valence-electron chi connectivity index (χ2n) is 5.60. The van der Waals surface area contributed by atoms with Gasteiger partial charge in [-0.1, -0.05) is 6.07 Å². The molecule has 0 bridgehead atoms. The molecule has 0 atom stereocenters. The van der Waals surface area contributed by atoms with Gasteiger partial charge in [-0.15, -0.1) is 0 Å². The molecule has 1 aliphatic carbocycles. The smallest absolute Gasteiger partial charge is 0.337 e. The predicted octanol–water partition coefficient (Wildman–Crippen LogP) is 0.207. The maximum absolute atomic E-state index is 11.8. The van der Waals surface area contributed by atoms with Crippen molar-refractivity contribution in [3.8, 4) is 0 Å². The van der Waals surface area contributed by atoms with Crippen molar-refractivity contribution >= 4 is 35.1 Å². The SMILES string of the molecule is NC1=C(C(=O)O)C=C(c2ccc(N)c(C(=O)O)c2)C(C(=O)O)(C(=O)O)C1. The molecule has 0 heterocycles. The Kier molecular flexibility index (Phi) is 4.44. The van der Waals surface area contributed by atoms with Gasteiger partial charge in [-0.2, -0.15) is 0 Å². The van der Waals surface area contributed by atoms with Gasteiger partial charge in [0.2, 0.25) is 0 Å². The molecule has 0 unspecified atom stereocenters. The van der Waals surface area contributed by atoms with Crippen LogP contribution in [0.25, 0.3) is 5.57 Å². The summed E-state index contributed by atoms with van der Waals surface area (Å²) in [7, 11) is 0. The third-order valence-corrected chi connectivity index (χ3v) is 4.11. The van der Waals surface area contributed by atoms with E-state index in [1.54, 1.807) is 0 Å². The molecule has 0 aliphatic heterocycles. The van der Waals surface area contributed by atoms with Crippen molar-refractivity contribution in [2.24, 2.45) is 11.1 Å². The molecule has 1 aliphatic rings. The lowest BCUT2D eigenvalue weighted by Gasteiger charge is -2.32. The molecule has 0 fully saturated rings. The fraction of sp³-hybridized carbons (Fsp3) is 0.125. The van der Waals surface area contributed by atoms with E-state index in [1.807, 2.05) is 0 Å². The van der Waals surface area contributed by atoms with Crippen LogP contribution < -0.4 is 11.5 Å². The van der Waals surface area contributed by atoms with Crippen LogP contribution in [0.1, 0.15) is 22.3 Å². The van der Waals surface area contributed by atoms with E-state index in [2.05, 4.69) is 0 Å². The standard InChI is InChI=1S/C16H14N2O8/c17-10-2-1-6(3-7(10)12(19)20)9-4-8(13(21)22)11(18)5-16(9,14(23)24)15(25)26/h1-4H,5,17-18H2,(H,19,20)(H,21,22)(H,23,24)(H,25,26). The average Bonchev–Trinajstić information content (AvgIpc) is 2.53. The van der Waals surface area contributed by atoms with Gasteiger partial charge >= 0.3 is 23.9 Å². The minimum Gasteiger partial charge on any atom is -0.480 e. The van der Waals surface area contributed by atoms with Crippen molar-refractivity contribution in [2.75, 3.05) is 5.73 Å². The Morgan fingerprint density at radius 3 is 1.96 bits per heavy atom. The summed E-state index contributed by atoms with van der Waals surface area (Å²) in [4.78, 5) is 46.2. The summed E-state index contributed by atoms with van der Waals surface area (Å²) >= 11 is 0. The maximum atomic E-state index is 11.8. The first-order valence-electron chi connectivity index (χ1n) is 7.06. The second-order valence-corrected chi connectivity index (χ2v) is 5.60. The van der Waals surface area contributed by atoms with Gasteiger partial charge in [0.05, 0.1) is 11.1 Å². The van der Waals surface area contributed by atoms with Crippen LogP contribution in [0.15, 0.2) is 35.5 Å². The first-order chi connectivity index (χ1) is 12.0. The van der Waals surface area contributed by atoms with Gasteiger partial charge in [0.1, 0.15) is 0 Å². The number of aromatic carboxylic acids is 1. The van der Waals surface area contributed by atoms with Crippen LogP contribution in [0.2, 0.25) is 0 Å². The van der Waals surface area contributed by atoms with E-state index < -0.39 is 52.6 Å². The molecule has 10 nitrogen and oxygen atoms in total. The van der Waals surface area contributed by atoms with Crippen molar-refractivity contribution in [1.29, 1.82) is 0 Å². The largest absolute Gasteiger partial charge is 0.480 e. The Balaban J connectivity index is 2.85. The Morgan fingerprint density at radius 2 is 1.50 bits per heavy atom. The van der Waals surface area contributed by atoms with Crippen LogP contribution >= 0.6 is 0 Å². The van der Waals surface area contributed by atoms with Crippen molar-refractivity contribution in [3.05, 3.63) is 46.7 Å². The number of allylic oxidation sites excluding steroid dienone is 1. The molecule has 26 heavy (non-hydrogen) atoms. The number of carbonyl (C=O) groups is 4. The summed E-state index contributed by atoms with van der Waals surface area (Å²) in [5.74, 6) is -6.42. The molecule has 1 aromatic rings. The Bertz CT molecular complexity index is 899. The van der Waals surface area contributed by atoms with Gasteiger partial charge in [-0.05, 0) is 29.3 Å². The fourth-order valence-electron chi connectivity index (χ4n) is 2.75. The van der Waals surface area contributed by atoms with Gasteiger partial charge in [-0.3, -0.25) is 9.59 Å². The normalized spacial score (nSPS) is 15.9. The van der Waals surface area contributed by atoms with Gasteiger partial charge in [0, 0.05) is 17.8 Å². The van der Waals surface area contributed by atoms with Crippen LogP contribution in [-0.2, 0) is 14.4 Å². The van der Waals surface area contributed by atoms with Crippen molar-refractivity contribution in [3.63, 3.8) is 0 Å². The lowest BCUT2D eigenvalue weighted by atomic mass is 9.69. The molecule has 2 rings (SSSR count). The van der Waals surface area contributed by atoms with E-state index in [0.29, 0.717) is 0 Å². The number of hydrogen-bond donors (Lipinski definition) is 6. The van der Waals surface area contributed by atoms with E-state index in [9.17, 15) is 34.5 Å². The molecule has 0 aromatic heterocycles. The molecule has 0 radical (unpaired) electrons. The highest BCUT2D eigenvalue weighted by Gasteiger charge is 2.53. The first kappa shape index (κ1) is 18.5. The van der Waals surface area contributed by atoms with Crippen molar-refractivity contribution < 1.29 is 39.6 Å². The Hall–Kier alpha value is -3.82. The van der Waals surface area contributed by atoms with E-state index >= 15 is 0 Å². The third kappa shape index (κ3) is 2.73. The van der Waals surface area contributed by atoms with Crippen molar-refractivity contribution in [1.82, 2.24) is 0 Å². The topological polar surface area (TPSA) is 201 Å². The van der Waals surface area contributed by atoms with Gasteiger partial charge in [0.15, 0.2) is 5.41 Å². The lowest BCUT2D eigenvalue weighted by molar-refractivity contribution is -0.160. The third-order valence-electron chi connectivity index (χ3n) is 4.11. The van der Waals surface area contributed by atoms with E-state index in [4.69, 9.17) is 16.6 Å². The number of carboxylic acids is 4. The van der Waals surface area contributed by atoms with Crippen LogP contribution in [-0.4, -0.2) is 44.3 Å². The number of nitrogens with two attached hydrogens (primary N) is 2. The minimum absolute atomic E-state index is 0.104. The molecule has 10 heteroatoms. The van der Waals surface area contributed by atoms with Gasteiger partial charge in [0.25, 0.3) is 0 Å². The zero-order valence-corrected chi connectivity index (χ0v) is 13.1. The van der Waals surface area contributed by atoms with Gasteiger partial charge < -0.3 is 31.9 Å². The number of aliphatic carboxylic acids is 3. The second kappa shape index (κ2) is 6.24. The highest BCUT2D eigenvalue weighted by Crippen LogP contribution is 2.45. The molecular formula is C16H14N2O8. The number of rotatable bonds is 5. The predicted molar refractivity (Wildman–Crippen MR) is 87.0 cm³/mol. The zero-order chi connectivity index (χ0) is 19.8. The molecule has 136 valence electrons. The van der Waals surface area contributed by atoms with Crippen LogP contribution in [0.3, 0.4) is 0 Å². The minimum atomic E-state index is -2.57. The number of hydrogen-bond acceptors (Lipinski definition) is 6. The number of benzene rings is 1. The zero-order valence-electron chi connectivity index (χ0n) is 13.1. The van der Waals surface area contributed by atoms with Crippen LogP contribution in [0, 0.1) is 5.41 Å². The molecular weight excluding hydrogens is 348 g/mol. The lowest BCUT2D eigenvalue weighted by Crippen LogP contribution is -2.43. The summed E-state index contributed by atoms with van der Waals surface area (Å²) in [5.41, 5.74) is 6.66. The number of anilines is 1. The highest BCUT2D eigenvalue weighted by atomic mass is 16.4. The molecule has 0 saturated carbocycles. The fourth-order valence-corrected chi connectivity index (χ4v) is 2.75. The summed E-state index contributed by atoms with van der Waals surface area (Å²) < 4.78 is 0. The molecule has 8 N–H and O–H groups in total. The average molecular weight is 362 g/mol. The summed E-state index contributed by atoms with van der Waals surface area (Å²) in [6.07, 6.45) is 0.0402. The number of nitrogen functional groups attached to an aromatic ring is 1. The molecule has 0 spiro atoms. The maximum Gasteiger partial charge on any atom is 0.337 e. The molecule has 1 aromatic carbocycles.